The van der Waals surface area contributed by atoms with Crippen LogP contribution in [-0.2, 0) is 10.0 Å². The van der Waals surface area contributed by atoms with Crippen LogP contribution in [0.25, 0.3) is 0 Å². The van der Waals surface area contributed by atoms with Crippen molar-refractivity contribution in [3.05, 3.63) is 41.5 Å². The van der Waals surface area contributed by atoms with Crippen molar-refractivity contribution in [1.29, 1.82) is 0 Å². The van der Waals surface area contributed by atoms with Gasteiger partial charge in [0.2, 0.25) is 10.0 Å². The molecule has 0 saturated heterocycles. The number of carbonyl (C=O) groups is 1. The summed E-state index contributed by atoms with van der Waals surface area (Å²) < 4.78 is 27.2. The van der Waals surface area contributed by atoms with Crippen molar-refractivity contribution in [2.45, 2.75) is 24.8 Å². The molecular formula is C12H14N4O4S. The van der Waals surface area contributed by atoms with Crippen LogP contribution in [0.5, 0.6) is 0 Å². The first kappa shape index (κ1) is 15.1. The highest BCUT2D eigenvalue weighted by Gasteiger charge is 2.29. The van der Waals surface area contributed by atoms with Gasteiger partial charge in [0.05, 0.1) is 5.69 Å². The molecule has 0 aliphatic heterocycles. The van der Waals surface area contributed by atoms with Gasteiger partial charge in [0.15, 0.2) is 5.69 Å². The molecule has 9 heteroatoms. The van der Waals surface area contributed by atoms with Crippen molar-refractivity contribution in [2.24, 2.45) is 0 Å². The molecule has 0 aliphatic carbocycles. The van der Waals surface area contributed by atoms with Gasteiger partial charge in [-0.3, -0.25) is 10.1 Å². The second kappa shape index (κ2) is 5.62. The number of carboxylic acid groups (broad SMARTS) is 1. The molecule has 2 heterocycles. The van der Waals surface area contributed by atoms with Crippen molar-refractivity contribution in [3.63, 3.8) is 0 Å². The van der Waals surface area contributed by atoms with Gasteiger partial charge < -0.3 is 5.11 Å². The van der Waals surface area contributed by atoms with Gasteiger partial charge in [-0.15, -0.1) is 0 Å². The normalized spacial score (nSPS) is 13.0. The predicted octanol–water partition coefficient (Wildman–Crippen LogP) is 0.851. The average molecular weight is 310 g/mol. The van der Waals surface area contributed by atoms with Crippen molar-refractivity contribution in [2.75, 3.05) is 0 Å². The summed E-state index contributed by atoms with van der Waals surface area (Å²) in [6, 6.07) is 2.85. The predicted molar refractivity (Wildman–Crippen MR) is 73.3 cm³/mol. The number of aromatic nitrogens is 3. The lowest BCUT2D eigenvalue weighted by atomic mass is 10.2. The van der Waals surface area contributed by atoms with Gasteiger partial charge >= 0.3 is 5.97 Å². The minimum atomic E-state index is -4.02. The molecule has 0 fully saturated rings. The van der Waals surface area contributed by atoms with Gasteiger partial charge in [0, 0.05) is 18.4 Å². The lowest BCUT2D eigenvalue weighted by Gasteiger charge is -2.14. The summed E-state index contributed by atoms with van der Waals surface area (Å²) >= 11 is 0. The third-order valence-corrected chi connectivity index (χ3v) is 4.58. The summed E-state index contributed by atoms with van der Waals surface area (Å²) in [6.07, 6.45) is 3.11. The Morgan fingerprint density at radius 3 is 2.76 bits per heavy atom. The second-order valence-electron chi connectivity index (χ2n) is 4.46. The Balaban J connectivity index is 2.36. The van der Waals surface area contributed by atoms with E-state index in [4.69, 9.17) is 5.11 Å². The SMILES string of the molecule is Cc1[nH]nc(C(=O)O)c1S(=O)(=O)N[C@@H](C)c1cccnc1. The van der Waals surface area contributed by atoms with Crippen molar-refractivity contribution in [3.8, 4) is 0 Å². The Morgan fingerprint density at radius 2 is 2.19 bits per heavy atom. The van der Waals surface area contributed by atoms with E-state index < -0.39 is 27.7 Å². The van der Waals surface area contributed by atoms with E-state index in [1.54, 1.807) is 25.3 Å². The zero-order chi connectivity index (χ0) is 15.6. The molecule has 0 spiro atoms. The number of H-pyrrole nitrogens is 1. The highest BCUT2D eigenvalue weighted by molar-refractivity contribution is 7.89. The van der Waals surface area contributed by atoms with Gasteiger partial charge in [-0.05, 0) is 25.5 Å². The molecule has 3 N–H and O–H groups in total. The summed E-state index contributed by atoms with van der Waals surface area (Å²) in [6.45, 7) is 3.09. The monoisotopic (exact) mass is 310 g/mol. The minimum absolute atomic E-state index is 0.165. The van der Waals surface area contributed by atoms with E-state index >= 15 is 0 Å². The zero-order valence-electron chi connectivity index (χ0n) is 11.4. The summed E-state index contributed by atoms with van der Waals surface area (Å²) in [5, 5.41) is 14.9. The summed E-state index contributed by atoms with van der Waals surface area (Å²) in [5.41, 5.74) is 0.302. The van der Waals surface area contributed by atoms with E-state index in [0.717, 1.165) is 0 Å². The standard InChI is InChI=1S/C12H14N4O4S/c1-7(9-4-3-5-13-6-9)16-21(19,20)11-8(2)14-15-10(11)12(17)18/h3-7,16H,1-2H3,(H,14,15)(H,17,18)/t7-/m0/s1. The first-order valence-corrected chi connectivity index (χ1v) is 7.51. The van der Waals surface area contributed by atoms with Gasteiger partial charge in [-0.2, -0.15) is 5.10 Å². The van der Waals surface area contributed by atoms with Crippen LogP contribution in [0.1, 0.15) is 34.7 Å². The second-order valence-corrected chi connectivity index (χ2v) is 6.11. The molecular weight excluding hydrogens is 296 g/mol. The number of aromatic amines is 1. The van der Waals surface area contributed by atoms with Crippen LogP contribution in [0.2, 0.25) is 0 Å². The molecule has 2 aromatic rings. The number of hydrogen-bond acceptors (Lipinski definition) is 5. The van der Waals surface area contributed by atoms with Crippen LogP contribution in [0.3, 0.4) is 0 Å². The molecule has 0 saturated carbocycles. The van der Waals surface area contributed by atoms with Gasteiger partial charge in [-0.25, -0.2) is 17.9 Å². The molecule has 112 valence electrons. The van der Waals surface area contributed by atoms with E-state index in [1.165, 1.54) is 13.1 Å². The molecule has 0 aliphatic rings. The number of aromatic carboxylic acids is 1. The number of nitrogens with zero attached hydrogens (tertiary/aromatic N) is 2. The number of nitrogens with one attached hydrogen (secondary N) is 2. The molecule has 1 atom stereocenters. The Kier molecular flexibility index (Phi) is 4.05. The Bertz CT molecular complexity index is 755. The number of carboxylic acids is 1. The van der Waals surface area contributed by atoms with E-state index in [9.17, 15) is 13.2 Å². The lowest BCUT2D eigenvalue weighted by molar-refractivity contribution is 0.0686. The molecule has 21 heavy (non-hydrogen) atoms. The van der Waals surface area contributed by atoms with E-state index in [0.29, 0.717) is 5.56 Å². The first-order valence-electron chi connectivity index (χ1n) is 6.03. The lowest BCUT2D eigenvalue weighted by Crippen LogP contribution is -2.28. The molecule has 2 rings (SSSR count). The van der Waals surface area contributed by atoms with Crippen molar-refractivity contribution >= 4 is 16.0 Å². The molecule has 0 amide bonds. The fraction of sp³-hybridized carbons (Fsp3) is 0.250. The maximum Gasteiger partial charge on any atom is 0.357 e. The van der Waals surface area contributed by atoms with Crippen LogP contribution in [0, 0.1) is 6.92 Å². The minimum Gasteiger partial charge on any atom is -0.476 e. The maximum atomic E-state index is 12.4. The summed E-state index contributed by atoms with van der Waals surface area (Å²) in [4.78, 5) is 14.6. The molecule has 0 aromatic carbocycles. The highest BCUT2D eigenvalue weighted by Crippen LogP contribution is 2.21. The number of pyridine rings is 1. The number of hydrogen-bond donors (Lipinski definition) is 3. The van der Waals surface area contributed by atoms with Crippen LogP contribution < -0.4 is 4.72 Å². The Labute approximate surface area is 121 Å². The van der Waals surface area contributed by atoms with Crippen molar-refractivity contribution in [1.82, 2.24) is 19.9 Å². The molecule has 0 unspecified atom stereocenters. The Morgan fingerprint density at radius 1 is 1.48 bits per heavy atom. The fourth-order valence-electron chi connectivity index (χ4n) is 1.88. The fourth-order valence-corrected chi connectivity index (χ4v) is 3.44. The highest BCUT2D eigenvalue weighted by atomic mass is 32.2. The largest absolute Gasteiger partial charge is 0.476 e. The van der Waals surface area contributed by atoms with E-state index in [1.807, 2.05) is 0 Å². The topological polar surface area (TPSA) is 125 Å². The van der Waals surface area contributed by atoms with Crippen LogP contribution in [0.15, 0.2) is 29.4 Å². The summed E-state index contributed by atoms with van der Waals surface area (Å²) in [5.74, 6) is -1.41. The summed E-state index contributed by atoms with van der Waals surface area (Å²) in [7, 11) is -4.02. The molecule has 0 radical (unpaired) electrons. The van der Waals surface area contributed by atoms with Crippen LogP contribution in [0.4, 0.5) is 0 Å². The van der Waals surface area contributed by atoms with Gasteiger partial charge in [-0.1, -0.05) is 6.07 Å². The third-order valence-electron chi connectivity index (χ3n) is 2.88. The first-order chi connectivity index (χ1) is 9.83. The van der Waals surface area contributed by atoms with E-state index in [2.05, 4.69) is 19.9 Å². The molecule has 0 bridgehead atoms. The molecule has 2 aromatic heterocycles. The number of rotatable bonds is 5. The Hall–Kier alpha value is -2.26. The number of aryl methyl sites for hydroxylation is 1. The van der Waals surface area contributed by atoms with Crippen LogP contribution in [-0.4, -0.2) is 34.7 Å². The van der Waals surface area contributed by atoms with Gasteiger partial charge in [0.25, 0.3) is 0 Å². The maximum absolute atomic E-state index is 12.4. The average Bonchev–Trinajstić information content (AvgIpc) is 2.82. The van der Waals surface area contributed by atoms with Crippen LogP contribution >= 0.6 is 0 Å². The zero-order valence-corrected chi connectivity index (χ0v) is 12.2. The quantitative estimate of drug-likeness (QED) is 0.752. The third kappa shape index (κ3) is 3.09. The van der Waals surface area contributed by atoms with Crippen molar-refractivity contribution < 1.29 is 18.3 Å². The van der Waals surface area contributed by atoms with Gasteiger partial charge in [0.1, 0.15) is 4.90 Å². The van der Waals surface area contributed by atoms with E-state index in [-0.39, 0.29) is 10.6 Å². The smallest absolute Gasteiger partial charge is 0.357 e. The molecule has 8 nitrogen and oxygen atoms in total. The number of sulfonamides is 1.